The molecule has 0 unspecified atom stereocenters. The number of nitrogens with zero attached hydrogens (tertiary/aromatic N) is 7. The number of nitrogens with one attached hydrogen (secondary N) is 1. The molecule has 0 spiro atoms. The summed E-state index contributed by atoms with van der Waals surface area (Å²) in [5.74, 6) is -1.24. The molecule has 4 heterocycles. The molecule has 11 heteroatoms. The van der Waals surface area contributed by atoms with Gasteiger partial charge in [-0.05, 0) is 36.6 Å². The van der Waals surface area contributed by atoms with Crippen LogP contribution >= 0.6 is 0 Å². The lowest BCUT2D eigenvalue weighted by Crippen LogP contribution is -2.49. The Morgan fingerprint density at radius 3 is 2.89 bits per heavy atom. The number of carbonyl (C=O) groups excluding carboxylic acids is 1. The monoisotopic (exact) mass is 497 g/mol. The van der Waals surface area contributed by atoms with E-state index in [1.54, 1.807) is 37.1 Å². The summed E-state index contributed by atoms with van der Waals surface area (Å²) in [6, 6.07) is 3.43. The van der Waals surface area contributed by atoms with Crippen molar-refractivity contribution in [1.29, 1.82) is 0 Å². The fraction of sp³-hybridized carbons (Fsp3) is 0.320. The summed E-state index contributed by atoms with van der Waals surface area (Å²) in [5.41, 5.74) is 1.09. The van der Waals surface area contributed by atoms with Gasteiger partial charge in [-0.15, -0.1) is 0 Å². The van der Waals surface area contributed by atoms with Crippen molar-refractivity contribution >= 4 is 17.7 Å². The molecule has 5 rings (SSSR count). The van der Waals surface area contributed by atoms with Crippen LogP contribution in [-0.2, 0) is 24.8 Å². The van der Waals surface area contributed by atoms with Gasteiger partial charge in [0.15, 0.2) is 5.82 Å². The van der Waals surface area contributed by atoms with Crippen LogP contribution in [0.25, 0.3) is 11.4 Å². The topological polar surface area (TPSA) is 103 Å². The van der Waals surface area contributed by atoms with Gasteiger partial charge in [0, 0.05) is 45.6 Å². The fourth-order valence-corrected chi connectivity index (χ4v) is 3.82. The second kappa shape index (κ2) is 9.50. The molecular weight excluding hydrogens is 463 g/mol. The van der Waals surface area contributed by atoms with Gasteiger partial charge in [-0.2, -0.15) is 5.10 Å². The summed E-state index contributed by atoms with van der Waals surface area (Å²) >= 11 is 0. The number of benzene rings is 1. The van der Waals surface area contributed by atoms with Gasteiger partial charge >= 0.3 is 0 Å². The number of imidazole rings is 1. The van der Waals surface area contributed by atoms with Crippen molar-refractivity contribution in [2.24, 2.45) is 7.05 Å². The molecule has 4 aromatic rings. The summed E-state index contributed by atoms with van der Waals surface area (Å²) in [7, 11) is -1.48. The van der Waals surface area contributed by atoms with Gasteiger partial charge in [0.05, 0.1) is 34.1 Å². The Bertz CT molecular complexity index is 1700. The number of ether oxygens (including phenoxy) is 1. The Kier molecular flexibility index (Phi) is 4.36. The molecule has 3 aromatic heterocycles. The maximum absolute atomic E-state index is 14.5. The number of aromatic nitrogens is 6. The van der Waals surface area contributed by atoms with E-state index in [9.17, 15) is 9.18 Å². The first-order valence-corrected chi connectivity index (χ1v) is 10.9. The summed E-state index contributed by atoms with van der Waals surface area (Å²) < 4.78 is 79.2. The molecule has 0 saturated heterocycles. The molecule has 186 valence electrons. The van der Waals surface area contributed by atoms with E-state index in [-0.39, 0.29) is 28.6 Å². The lowest BCUT2D eigenvalue weighted by molar-refractivity contribution is 0.0380. The first kappa shape index (κ1) is 16.5. The average molecular weight is 498 g/mol. The van der Waals surface area contributed by atoms with Crippen LogP contribution in [0.15, 0.2) is 42.9 Å². The van der Waals surface area contributed by atoms with E-state index < -0.39 is 44.4 Å². The minimum atomic E-state index is -3.21. The molecule has 1 atom stereocenters. The number of rotatable bonds is 7. The van der Waals surface area contributed by atoms with E-state index in [4.69, 9.17) is 14.3 Å². The Morgan fingerprint density at radius 2 is 2.14 bits per heavy atom. The van der Waals surface area contributed by atoms with E-state index in [1.807, 2.05) is 0 Å². The number of hydrogen-bond donors (Lipinski definition) is 1. The fourth-order valence-electron chi connectivity index (χ4n) is 3.82. The quantitative estimate of drug-likeness (QED) is 0.418. The molecule has 0 fully saturated rings. The molecule has 0 radical (unpaired) electrons. The van der Waals surface area contributed by atoms with Crippen LogP contribution in [0.5, 0.6) is 0 Å². The Hall–Kier alpha value is -4.12. The van der Waals surface area contributed by atoms with E-state index >= 15 is 0 Å². The number of halogens is 1. The van der Waals surface area contributed by atoms with Gasteiger partial charge in [0.25, 0.3) is 5.91 Å². The average Bonchev–Trinajstić information content (AvgIpc) is 3.51. The van der Waals surface area contributed by atoms with Gasteiger partial charge in [0.2, 0.25) is 5.95 Å². The molecule has 1 aromatic carbocycles. The Labute approximate surface area is 217 Å². The van der Waals surface area contributed by atoms with Gasteiger partial charge < -0.3 is 19.5 Å². The maximum atomic E-state index is 14.5. The lowest BCUT2D eigenvalue weighted by atomic mass is 10.1. The predicted octanol–water partition coefficient (Wildman–Crippen LogP) is 3.24. The number of fused-ring (bicyclic) bond motifs is 1. The van der Waals surface area contributed by atoms with Crippen molar-refractivity contribution in [3.8, 4) is 11.4 Å². The van der Waals surface area contributed by atoms with Gasteiger partial charge in [0.1, 0.15) is 17.3 Å². The van der Waals surface area contributed by atoms with Crippen LogP contribution in [0.4, 0.5) is 16.2 Å². The zero-order valence-electron chi connectivity index (χ0n) is 26.7. The molecule has 10 nitrogen and oxygen atoms in total. The number of methoxy groups -OCH3 is 1. The number of hydrogen-bond acceptors (Lipinski definition) is 7. The van der Waals surface area contributed by atoms with Crippen molar-refractivity contribution in [3.05, 3.63) is 71.2 Å². The number of amides is 1. The second-order valence-electron chi connectivity index (χ2n) is 8.28. The summed E-state index contributed by atoms with van der Waals surface area (Å²) in [4.78, 5) is 27.7. The van der Waals surface area contributed by atoms with Gasteiger partial charge in [-0.3, -0.25) is 9.48 Å². The summed E-state index contributed by atoms with van der Waals surface area (Å²) in [6.07, 6.45) is 4.57. The van der Waals surface area contributed by atoms with E-state index in [0.717, 1.165) is 6.07 Å². The van der Waals surface area contributed by atoms with Gasteiger partial charge in [-0.25, -0.2) is 19.3 Å². The van der Waals surface area contributed by atoms with Crippen molar-refractivity contribution in [3.63, 3.8) is 0 Å². The third-order valence-electron chi connectivity index (χ3n) is 5.76. The molecule has 0 saturated carbocycles. The standard InChI is InChI=1S/C25H27FN8O2/c1-15-5-6-17(9-19(15)26)11-34-18(14-36-4)12-33-13-20(29-23(33)24(34)35)22-16(2)10-27-25(31-22)30-21-7-8-28-32(21)3/h5-10,13,18H,11-12,14H2,1-4H3,(H,27,30,31)/t18-/m1/s1/i4D3,11D2,14D2. The van der Waals surface area contributed by atoms with Crippen molar-refractivity contribution in [1.82, 2.24) is 34.2 Å². The largest absolute Gasteiger partial charge is 0.382 e. The van der Waals surface area contributed by atoms with Crippen LogP contribution in [0, 0.1) is 19.7 Å². The van der Waals surface area contributed by atoms with E-state index in [0.29, 0.717) is 22.0 Å². The zero-order chi connectivity index (χ0) is 31.5. The highest BCUT2D eigenvalue weighted by Crippen LogP contribution is 2.27. The van der Waals surface area contributed by atoms with Crippen LogP contribution in [0.3, 0.4) is 0 Å². The zero-order valence-corrected chi connectivity index (χ0v) is 19.7. The first-order chi connectivity index (χ1) is 20.0. The number of aryl methyl sites for hydroxylation is 3. The third kappa shape index (κ3) is 4.44. The molecule has 1 N–H and O–H groups in total. The predicted molar refractivity (Wildman–Crippen MR) is 131 cm³/mol. The van der Waals surface area contributed by atoms with E-state index in [2.05, 4.69) is 25.4 Å². The minimum absolute atomic E-state index is 0.205. The highest BCUT2D eigenvalue weighted by Gasteiger charge is 2.35. The molecule has 0 aliphatic carbocycles. The summed E-state index contributed by atoms with van der Waals surface area (Å²) in [6.45, 7) is -3.09. The Balaban J connectivity index is 1.59. The van der Waals surface area contributed by atoms with E-state index in [1.165, 1.54) is 29.8 Å². The SMILES string of the molecule is [2H]C([2H])([2H])OC([2H])([2H])[C@H]1Cn2cc(-c3nc(Nc4ccnn4C)ncc3C)nc2C(=O)N1C([2H])([2H])c1ccc(C)c(F)c1. The number of carbonyl (C=O) groups is 1. The molecule has 36 heavy (non-hydrogen) atoms. The Morgan fingerprint density at radius 1 is 1.28 bits per heavy atom. The van der Waals surface area contributed by atoms with Crippen LogP contribution in [0.1, 0.15) is 36.9 Å². The maximum Gasteiger partial charge on any atom is 0.290 e. The summed E-state index contributed by atoms with van der Waals surface area (Å²) in [5, 5.41) is 7.11. The second-order valence-corrected chi connectivity index (χ2v) is 8.28. The minimum Gasteiger partial charge on any atom is -0.382 e. The molecular formula is C25H27FN8O2. The molecule has 0 bridgehead atoms. The molecule has 1 aliphatic rings. The highest BCUT2D eigenvalue weighted by atomic mass is 19.1. The normalized spacial score (nSPS) is 19.3. The van der Waals surface area contributed by atoms with Crippen molar-refractivity contribution in [2.45, 2.75) is 32.9 Å². The first-order valence-electron chi connectivity index (χ1n) is 14.4. The van der Waals surface area contributed by atoms with Crippen LogP contribution < -0.4 is 5.32 Å². The van der Waals surface area contributed by atoms with Crippen LogP contribution in [-0.4, -0.2) is 59.7 Å². The van der Waals surface area contributed by atoms with Crippen molar-refractivity contribution in [2.75, 3.05) is 18.9 Å². The lowest BCUT2D eigenvalue weighted by Gasteiger charge is -2.35. The molecule has 1 amide bonds. The number of anilines is 2. The highest BCUT2D eigenvalue weighted by molar-refractivity contribution is 5.92. The third-order valence-corrected chi connectivity index (χ3v) is 5.76. The van der Waals surface area contributed by atoms with Crippen LogP contribution in [0.2, 0.25) is 0 Å². The molecule has 1 aliphatic heterocycles. The smallest absolute Gasteiger partial charge is 0.290 e. The van der Waals surface area contributed by atoms with Crippen molar-refractivity contribution < 1.29 is 23.5 Å². The van der Waals surface area contributed by atoms with Gasteiger partial charge in [-0.1, -0.05) is 12.1 Å².